The van der Waals surface area contributed by atoms with Crippen molar-refractivity contribution in [3.63, 3.8) is 0 Å². The first-order valence-corrected chi connectivity index (χ1v) is 6.50. The third-order valence-corrected chi connectivity index (χ3v) is 3.29. The lowest BCUT2D eigenvalue weighted by Crippen LogP contribution is -2.03. The fourth-order valence-corrected chi connectivity index (χ4v) is 2.30. The molecule has 22 heavy (non-hydrogen) atoms. The van der Waals surface area contributed by atoms with E-state index < -0.39 is 5.63 Å². The second kappa shape index (κ2) is 5.63. The molecule has 0 fully saturated rings. The minimum Gasteiger partial charge on any atom is -0.497 e. The Balaban J connectivity index is 2.42. The van der Waals surface area contributed by atoms with Gasteiger partial charge in [-0.1, -0.05) is 35.4 Å². The molecule has 0 aliphatic carbocycles. The summed E-state index contributed by atoms with van der Waals surface area (Å²) in [4.78, 5) is 15.2. The number of fused-ring (bicyclic) bond motifs is 1. The molecule has 0 aliphatic heterocycles. The number of hydrogen-bond acceptors (Lipinski definition) is 4. The van der Waals surface area contributed by atoms with Crippen LogP contribution in [-0.4, -0.2) is 7.11 Å². The lowest BCUT2D eigenvalue weighted by atomic mass is 10.0. The van der Waals surface area contributed by atoms with Gasteiger partial charge < -0.3 is 9.15 Å². The van der Waals surface area contributed by atoms with Gasteiger partial charge in [-0.25, -0.2) is 4.79 Å². The molecule has 108 valence electrons. The summed E-state index contributed by atoms with van der Waals surface area (Å²) in [7, 11) is 1.52. The molecule has 1 aromatic heterocycles. The van der Waals surface area contributed by atoms with Crippen LogP contribution in [0.15, 0.2) is 62.9 Å². The number of hydrogen-bond donors (Lipinski definition) is 0. The lowest BCUT2D eigenvalue weighted by molar-refractivity contribution is 0.414. The third kappa shape index (κ3) is 2.28. The standard InChI is InChI=1S/C16H11N3O3/c1-21-11-7-8-12-13(9-11)22-16(20)14(15(12)18-19-17)10-5-3-2-4-6-10/h2-9H,1H3. The Morgan fingerprint density at radius 1 is 1.18 bits per heavy atom. The van der Waals surface area contributed by atoms with E-state index in [9.17, 15) is 4.79 Å². The van der Waals surface area contributed by atoms with Crippen molar-refractivity contribution in [1.82, 2.24) is 0 Å². The van der Waals surface area contributed by atoms with Crippen LogP contribution >= 0.6 is 0 Å². The average Bonchev–Trinajstić information content (AvgIpc) is 2.55. The molecule has 2 aromatic carbocycles. The van der Waals surface area contributed by atoms with Crippen LogP contribution in [-0.2, 0) is 0 Å². The SMILES string of the molecule is COc1ccc2c(N=[N+]=[N-])c(-c3ccccc3)c(=O)oc2c1. The number of benzene rings is 2. The Labute approximate surface area is 125 Å². The molecule has 6 heteroatoms. The number of ether oxygens (including phenoxy) is 1. The van der Waals surface area contributed by atoms with Gasteiger partial charge in [-0.3, -0.25) is 0 Å². The van der Waals surface area contributed by atoms with Crippen molar-refractivity contribution in [2.24, 2.45) is 5.11 Å². The van der Waals surface area contributed by atoms with Gasteiger partial charge >= 0.3 is 5.63 Å². The maximum Gasteiger partial charge on any atom is 0.344 e. The zero-order chi connectivity index (χ0) is 15.5. The summed E-state index contributed by atoms with van der Waals surface area (Å²) >= 11 is 0. The van der Waals surface area contributed by atoms with Gasteiger partial charge in [0.1, 0.15) is 11.3 Å². The van der Waals surface area contributed by atoms with E-state index in [1.807, 2.05) is 6.07 Å². The quantitative estimate of drug-likeness (QED) is 0.310. The van der Waals surface area contributed by atoms with E-state index in [1.165, 1.54) is 7.11 Å². The fourth-order valence-electron chi connectivity index (χ4n) is 2.30. The number of nitrogens with zero attached hydrogens (tertiary/aromatic N) is 3. The molecule has 1 heterocycles. The lowest BCUT2D eigenvalue weighted by Gasteiger charge is -2.08. The molecule has 0 amide bonds. The fraction of sp³-hybridized carbons (Fsp3) is 0.0625. The predicted octanol–water partition coefficient (Wildman–Crippen LogP) is 4.41. The van der Waals surface area contributed by atoms with Crippen LogP contribution in [0.25, 0.3) is 32.5 Å². The van der Waals surface area contributed by atoms with E-state index in [2.05, 4.69) is 10.0 Å². The van der Waals surface area contributed by atoms with Crippen LogP contribution in [0.2, 0.25) is 0 Å². The number of rotatable bonds is 3. The van der Waals surface area contributed by atoms with Crippen LogP contribution in [0.1, 0.15) is 0 Å². The first-order valence-electron chi connectivity index (χ1n) is 6.50. The highest BCUT2D eigenvalue weighted by Gasteiger charge is 2.15. The summed E-state index contributed by atoms with van der Waals surface area (Å²) < 4.78 is 10.5. The Morgan fingerprint density at radius 2 is 1.95 bits per heavy atom. The molecule has 0 aliphatic rings. The number of methoxy groups -OCH3 is 1. The van der Waals surface area contributed by atoms with Gasteiger partial charge in [0.25, 0.3) is 0 Å². The van der Waals surface area contributed by atoms with Crippen molar-refractivity contribution in [2.75, 3.05) is 7.11 Å². The second-order valence-electron chi connectivity index (χ2n) is 4.53. The molecule has 0 spiro atoms. The molecule has 0 bridgehead atoms. The second-order valence-corrected chi connectivity index (χ2v) is 4.53. The zero-order valence-electron chi connectivity index (χ0n) is 11.7. The van der Waals surface area contributed by atoms with E-state index in [0.717, 1.165) is 0 Å². The molecule has 0 saturated carbocycles. The van der Waals surface area contributed by atoms with Gasteiger partial charge in [-0.2, -0.15) is 0 Å². The van der Waals surface area contributed by atoms with Crippen molar-refractivity contribution < 1.29 is 9.15 Å². The largest absolute Gasteiger partial charge is 0.497 e. The topological polar surface area (TPSA) is 88.2 Å². The van der Waals surface area contributed by atoms with Gasteiger partial charge in [0.15, 0.2) is 0 Å². The highest BCUT2D eigenvalue weighted by molar-refractivity contribution is 5.96. The molecule has 3 rings (SSSR count). The normalized spacial score (nSPS) is 10.2. The molecule has 6 nitrogen and oxygen atoms in total. The Hall–Kier alpha value is -3.24. The summed E-state index contributed by atoms with van der Waals surface area (Å²) in [5.41, 5.74) is 9.73. The van der Waals surface area contributed by atoms with Crippen molar-refractivity contribution in [3.8, 4) is 16.9 Å². The van der Waals surface area contributed by atoms with Crippen LogP contribution in [0.4, 0.5) is 5.69 Å². The van der Waals surface area contributed by atoms with Crippen molar-refractivity contribution in [2.45, 2.75) is 0 Å². The molecule has 0 saturated heterocycles. The summed E-state index contributed by atoms with van der Waals surface area (Å²) in [5, 5.41) is 4.26. The van der Waals surface area contributed by atoms with E-state index in [-0.39, 0.29) is 11.3 Å². The van der Waals surface area contributed by atoms with Crippen molar-refractivity contribution >= 4 is 16.7 Å². The minimum atomic E-state index is -0.561. The Kier molecular flexibility index (Phi) is 3.52. The van der Waals surface area contributed by atoms with Crippen molar-refractivity contribution in [3.05, 3.63) is 69.4 Å². The third-order valence-electron chi connectivity index (χ3n) is 3.29. The van der Waals surface area contributed by atoms with E-state index >= 15 is 0 Å². The predicted molar refractivity (Wildman–Crippen MR) is 83.3 cm³/mol. The van der Waals surface area contributed by atoms with Crippen LogP contribution < -0.4 is 10.4 Å². The zero-order valence-corrected chi connectivity index (χ0v) is 11.7. The van der Waals surface area contributed by atoms with Gasteiger partial charge in [0.05, 0.1) is 18.4 Å². The van der Waals surface area contributed by atoms with E-state index in [1.54, 1.807) is 42.5 Å². The maximum atomic E-state index is 12.3. The molecule has 0 radical (unpaired) electrons. The van der Waals surface area contributed by atoms with E-state index in [4.69, 9.17) is 14.7 Å². The molecule has 0 unspecified atom stereocenters. The Morgan fingerprint density at radius 3 is 2.64 bits per heavy atom. The molecular weight excluding hydrogens is 282 g/mol. The van der Waals surface area contributed by atoms with Crippen LogP contribution in [0.3, 0.4) is 0 Å². The molecular formula is C16H11N3O3. The minimum absolute atomic E-state index is 0.246. The average molecular weight is 293 g/mol. The van der Waals surface area contributed by atoms with Gasteiger partial charge in [0.2, 0.25) is 0 Å². The van der Waals surface area contributed by atoms with Gasteiger partial charge in [0, 0.05) is 16.4 Å². The Bertz CT molecular complexity index is 942. The molecule has 0 N–H and O–H groups in total. The van der Waals surface area contributed by atoms with Crippen LogP contribution in [0.5, 0.6) is 5.75 Å². The summed E-state index contributed by atoms with van der Waals surface area (Å²) in [5.74, 6) is 0.551. The maximum absolute atomic E-state index is 12.3. The first kappa shape index (κ1) is 13.7. The monoisotopic (exact) mass is 293 g/mol. The highest BCUT2D eigenvalue weighted by Crippen LogP contribution is 2.35. The summed E-state index contributed by atoms with van der Waals surface area (Å²) in [6, 6.07) is 14.0. The summed E-state index contributed by atoms with van der Waals surface area (Å²) in [6.45, 7) is 0. The first-order chi connectivity index (χ1) is 10.7. The smallest absolute Gasteiger partial charge is 0.344 e. The highest BCUT2D eigenvalue weighted by atomic mass is 16.5. The van der Waals surface area contributed by atoms with Gasteiger partial charge in [-0.05, 0) is 23.2 Å². The molecule has 3 aromatic rings. The van der Waals surface area contributed by atoms with E-state index in [0.29, 0.717) is 22.3 Å². The summed E-state index contributed by atoms with van der Waals surface area (Å²) in [6.07, 6.45) is 0. The van der Waals surface area contributed by atoms with Gasteiger partial charge in [-0.15, -0.1) is 0 Å². The number of azide groups is 1. The van der Waals surface area contributed by atoms with Crippen molar-refractivity contribution in [1.29, 1.82) is 0 Å². The molecule has 0 atom stereocenters. The van der Waals surface area contributed by atoms with Crippen LogP contribution in [0, 0.1) is 0 Å².